The van der Waals surface area contributed by atoms with Gasteiger partial charge in [0.05, 0.1) is 0 Å². The van der Waals surface area contributed by atoms with Crippen LogP contribution in [0.15, 0.2) is 59.8 Å². The van der Waals surface area contributed by atoms with E-state index in [1.165, 1.54) is 12.3 Å². The summed E-state index contributed by atoms with van der Waals surface area (Å²) < 4.78 is 29.8. The number of nitrogens with one attached hydrogen (secondary N) is 1. The topological polar surface area (TPSA) is 89.8 Å². The van der Waals surface area contributed by atoms with Crippen LogP contribution >= 0.6 is 0 Å². The lowest BCUT2D eigenvalue weighted by molar-refractivity contribution is 0.423. The van der Waals surface area contributed by atoms with E-state index in [2.05, 4.69) is 19.9 Å². The molecule has 7 nitrogen and oxygen atoms in total. The Morgan fingerprint density at radius 3 is 2.68 bits per heavy atom. The van der Waals surface area contributed by atoms with Gasteiger partial charge in [0.25, 0.3) is 0 Å². The van der Waals surface area contributed by atoms with Gasteiger partial charge in [0.1, 0.15) is 10.7 Å². The molecule has 1 N–H and O–H groups in total. The fourth-order valence-corrected chi connectivity index (χ4v) is 4.24. The standard InChI is InChI=1S/C17H17N5O2S/c23-25(24,15-7-4-10-18-11-15)21-14-8-9-16-19-20-17(22(16)12-14)13-5-2-1-3-6-13/h1-7,10-11,14,21H,8-9,12H2/t14-/m1/s1. The maximum Gasteiger partial charge on any atom is 0.242 e. The van der Waals surface area contributed by atoms with Crippen LogP contribution < -0.4 is 4.72 Å². The lowest BCUT2D eigenvalue weighted by Gasteiger charge is -2.25. The Bertz CT molecular complexity index is 971. The summed E-state index contributed by atoms with van der Waals surface area (Å²) in [7, 11) is -3.59. The van der Waals surface area contributed by atoms with Crippen molar-refractivity contribution in [2.75, 3.05) is 0 Å². The van der Waals surface area contributed by atoms with Crippen molar-refractivity contribution in [1.82, 2.24) is 24.5 Å². The molecule has 0 saturated carbocycles. The highest BCUT2D eigenvalue weighted by Crippen LogP contribution is 2.23. The molecule has 3 aromatic rings. The van der Waals surface area contributed by atoms with Crippen LogP contribution in [-0.2, 0) is 23.0 Å². The molecule has 3 heterocycles. The third-order valence-corrected chi connectivity index (χ3v) is 5.75. The molecule has 0 saturated heterocycles. The molecular formula is C17H17N5O2S. The average Bonchev–Trinajstić information content (AvgIpc) is 3.06. The number of fused-ring (bicyclic) bond motifs is 1. The Kier molecular flexibility index (Phi) is 4.06. The fourth-order valence-electron chi connectivity index (χ4n) is 3.02. The minimum atomic E-state index is -3.59. The van der Waals surface area contributed by atoms with E-state index in [9.17, 15) is 8.42 Å². The first-order chi connectivity index (χ1) is 12.1. The van der Waals surface area contributed by atoms with Crippen LogP contribution in [0.3, 0.4) is 0 Å². The third kappa shape index (κ3) is 3.18. The van der Waals surface area contributed by atoms with Crippen molar-refractivity contribution in [1.29, 1.82) is 0 Å². The zero-order chi connectivity index (χ0) is 17.3. The molecule has 0 spiro atoms. The van der Waals surface area contributed by atoms with Crippen molar-refractivity contribution in [3.63, 3.8) is 0 Å². The summed E-state index contributed by atoms with van der Waals surface area (Å²) >= 11 is 0. The van der Waals surface area contributed by atoms with E-state index in [0.29, 0.717) is 19.4 Å². The third-order valence-electron chi connectivity index (χ3n) is 4.25. The quantitative estimate of drug-likeness (QED) is 0.768. The van der Waals surface area contributed by atoms with Gasteiger partial charge in [0.2, 0.25) is 10.0 Å². The SMILES string of the molecule is O=S(=O)(N[C@@H]1CCc2nnc(-c3ccccc3)n2C1)c1cccnc1. The molecule has 1 aliphatic heterocycles. The highest BCUT2D eigenvalue weighted by molar-refractivity contribution is 7.89. The second kappa shape index (κ2) is 6.38. The molecule has 1 aromatic carbocycles. The predicted octanol–water partition coefficient (Wildman–Crippen LogP) is 1.63. The summed E-state index contributed by atoms with van der Waals surface area (Å²) in [5, 5.41) is 8.53. The van der Waals surface area contributed by atoms with Crippen molar-refractivity contribution < 1.29 is 8.42 Å². The minimum absolute atomic E-state index is 0.174. The molecule has 0 radical (unpaired) electrons. The largest absolute Gasteiger partial charge is 0.309 e. The van der Waals surface area contributed by atoms with E-state index in [-0.39, 0.29) is 10.9 Å². The molecule has 0 unspecified atom stereocenters. The van der Waals surface area contributed by atoms with Gasteiger partial charge < -0.3 is 4.57 Å². The van der Waals surface area contributed by atoms with E-state index < -0.39 is 10.0 Å². The summed E-state index contributed by atoms with van der Waals surface area (Å²) in [6, 6.07) is 12.7. The molecule has 0 fully saturated rings. The molecular weight excluding hydrogens is 338 g/mol. The smallest absolute Gasteiger partial charge is 0.242 e. The monoisotopic (exact) mass is 355 g/mol. The number of aryl methyl sites for hydroxylation is 1. The van der Waals surface area contributed by atoms with Gasteiger partial charge in [-0.3, -0.25) is 4.98 Å². The summed E-state index contributed by atoms with van der Waals surface area (Å²) in [5.41, 5.74) is 0.969. The molecule has 1 atom stereocenters. The number of nitrogens with zero attached hydrogens (tertiary/aromatic N) is 4. The van der Waals surface area contributed by atoms with E-state index >= 15 is 0 Å². The molecule has 0 bridgehead atoms. The molecule has 25 heavy (non-hydrogen) atoms. The van der Waals surface area contributed by atoms with Gasteiger partial charge in [-0.25, -0.2) is 13.1 Å². The Hall–Kier alpha value is -2.58. The number of hydrogen-bond donors (Lipinski definition) is 1. The lowest BCUT2D eigenvalue weighted by Crippen LogP contribution is -2.41. The van der Waals surface area contributed by atoms with Gasteiger partial charge in [0.15, 0.2) is 5.82 Å². The van der Waals surface area contributed by atoms with Crippen molar-refractivity contribution in [3.05, 3.63) is 60.7 Å². The maximum atomic E-state index is 12.5. The van der Waals surface area contributed by atoms with Crippen LogP contribution in [0.1, 0.15) is 12.2 Å². The summed E-state index contributed by atoms with van der Waals surface area (Å²) in [6.45, 7) is 0.506. The summed E-state index contributed by atoms with van der Waals surface area (Å²) in [5.74, 6) is 1.65. The van der Waals surface area contributed by atoms with Crippen LogP contribution in [0.4, 0.5) is 0 Å². The van der Waals surface area contributed by atoms with Crippen molar-refractivity contribution in [2.24, 2.45) is 0 Å². The Morgan fingerprint density at radius 1 is 1.08 bits per heavy atom. The lowest BCUT2D eigenvalue weighted by atomic mass is 10.1. The first kappa shape index (κ1) is 15.9. The van der Waals surface area contributed by atoms with E-state index in [1.54, 1.807) is 12.3 Å². The van der Waals surface area contributed by atoms with Gasteiger partial charge >= 0.3 is 0 Å². The van der Waals surface area contributed by atoms with Gasteiger partial charge in [-0.15, -0.1) is 10.2 Å². The van der Waals surface area contributed by atoms with Gasteiger partial charge in [-0.2, -0.15) is 0 Å². The first-order valence-electron chi connectivity index (χ1n) is 8.03. The number of rotatable bonds is 4. The van der Waals surface area contributed by atoms with Crippen LogP contribution in [0.2, 0.25) is 0 Å². The summed E-state index contributed by atoms with van der Waals surface area (Å²) in [6.07, 6.45) is 4.27. The molecule has 0 aliphatic carbocycles. The van der Waals surface area contributed by atoms with Crippen LogP contribution in [0, 0.1) is 0 Å². The predicted molar refractivity (Wildman–Crippen MR) is 92.1 cm³/mol. The van der Waals surface area contributed by atoms with E-state index in [4.69, 9.17) is 0 Å². The van der Waals surface area contributed by atoms with Gasteiger partial charge in [0, 0.05) is 37.0 Å². The van der Waals surface area contributed by atoms with Crippen molar-refractivity contribution in [2.45, 2.75) is 30.3 Å². The summed E-state index contributed by atoms with van der Waals surface area (Å²) in [4.78, 5) is 4.06. The van der Waals surface area contributed by atoms with Crippen LogP contribution in [0.25, 0.3) is 11.4 Å². The molecule has 2 aromatic heterocycles. The van der Waals surface area contributed by atoms with Crippen LogP contribution in [-0.4, -0.2) is 34.2 Å². The highest BCUT2D eigenvalue weighted by atomic mass is 32.2. The zero-order valence-electron chi connectivity index (χ0n) is 13.4. The number of aromatic nitrogens is 4. The number of benzene rings is 1. The highest BCUT2D eigenvalue weighted by Gasteiger charge is 2.27. The number of sulfonamides is 1. The second-order valence-corrected chi connectivity index (χ2v) is 7.68. The van der Waals surface area contributed by atoms with E-state index in [0.717, 1.165) is 17.2 Å². The average molecular weight is 355 g/mol. The van der Waals surface area contributed by atoms with Crippen molar-refractivity contribution >= 4 is 10.0 Å². The number of hydrogen-bond acceptors (Lipinski definition) is 5. The second-order valence-electron chi connectivity index (χ2n) is 5.96. The molecule has 0 amide bonds. The Labute approximate surface area is 145 Å². The normalized spacial score (nSPS) is 17.2. The van der Waals surface area contributed by atoms with E-state index in [1.807, 2.05) is 34.9 Å². The molecule has 128 valence electrons. The van der Waals surface area contributed by atoms with Gasteiger partial charge in [-0.05, 0) is 18.6 Å². The maximum absolute atomic E-state index is 12.5. The Morgan fingerprint density at radius 2 is 1.92 bits per heavy atom. The minimum Gasteiger partial charge on any atom is -0.309 e. The first-order valence-corrected chi connectivity index (χ1v) is 9.52. The zero-order valence-corrected chi connectivity index (χ0v) is 14.2. The molecule has 8 heteroatoms. The molecule has 1 aliphatic rings. The van der Waals surface area contributed by atoms with Gasteiger partial charge in [-0.1, -0.05) is 30.3 Å². The fraction of sp³-hybridized carbons (Fsp3) is 0.235. The Balaban J connectivity index is 1.58. The molecule has 4 rings (SSSR count). The van der Waals surface area contributed by atoms with Crippen molar-refractivity contribution in [3.8, 4) is 11.4 Å². The van der Waals surface area contributed by atoms with Crippen LogP contribution in [0.5, 0.6) is 0 Å². The number of pyridine rings is 1.